The third-order valence-electron chi connectivity index (χ3n) is 4.88. The first kappa shape index (κ1) is 19.8. The van der Waals surface area contributed by atoms with Gasteiger partial charge in [0, 0.05) is 19.2 Å². The van der Waals surface area contributed by atoms with Crippen LogP contribution in [0.4, 0.5) is 0 Å². The summed E-state index contributed by atoms with van der Waals surface area (Å²) >= 11 is 0. The highest BCUT2D eigenvalue weighted by molar-refractivity contribution is 5.76. The summed E-state index contributed by atoms with van der Waals surface area (Å²) in [6.45, 7) is 2.67. The van der Waals surface area contributed by atoms with E-state index in [9.17, 15) is 4.79 Å². The van der Waals surface area contributed by atoms with Crippen LogP contribution in [0.15, 0.2) is 67.0 Å². The van der Waals surface area contributed by atoms with Gasteiger partial charge in [0.1, 0.15) is 0 Å². The Kier molecular flexibility index (Phi) is 6.61. The van der Waals surface area contributed by atoms with Gasteiger partial charge in [-0.05, 0) is 50.7 Å². The van der Waals surface area contributed by atoms with E-state index in [2.05, 4.69) is 46.5 Å². The van der Waals surface area contributed by atoms with E-state index in [0.717, 1.165) is 11.3 Å². The van der Waals surface area contributed by atoms with E-state index in [1.165, 1.54) is 11.1 Å². The molecule has 1 N–H and O–H groups in total. The van der Waals surface area contributed by atoms with Gasteiger partial charge < -0.3 is 10.2 Å². The van der Waals surface area contributed by atoms with Crippen LogP contribution in [0, 0.1) is 6.92 Å². The van der Waals surface area contributed by atoms with Gasteiger partial charge in [-0.1, -0.05) is 48.0 Å². The molecule has 0 saturated heterocycles. The lowest BCUT2D eigenvalue weighted by molar-refractivity contribution is -0.121. The van der Waals surface area contributed by atoms with Crippen molar-refractivity contribution < 1.29 is 4.79 Å². The van der Waals surface area contributed by atoms with Gasteiger partial charge in [0.15, 0.2) is 0 Å². The highest BCUT2D eigenvalue weighted by Crippen LogP contribution is 2.18. The van der Waals surface area contributed by atoms with E-state index < -0.39 is 0 Å². The summed E-state index contributed by atoms with van der Waals surface area (Å²) in [6, 6.07) is 18.6. The summed E-state index contributed by atoms with van der Waals surface area (Å²) < 4.78 is 1.84. The average Bonchev–Trinajstić information content (AvgIpc) is 3.17. The molecule has 2 aromatic carbocycles. The van der Waals surface area contributed by atoms with Gasteiger partial charge >= 0.3 is 0 Å². The molecule has 0 bridgehead atoms. The normalized spacial score (nSPS) is 12.1. The molecule has 5 heteroatoms. The molecule has 3 rings (SSSR count). The molecule has 1 amide bonds. The molecule has 1 atom stereocenters. The van der Waals surface area contributed by atoms with E-state index in [1.54, 1.807) is 0 Å². The summed E-state index contributed by atoms with van der Waals surface area (Å²) in [6.07, 6.45) is 4.94. The van der Waals surface area contributed by atoms with E-state index in [4.69, 9.17) is 0 Å². The predicted molar refractivity (Wildman–Crippen MR) is 113 cm³/mol. The number of likely N-dealkylation sites (N-methyl/N-ethyl adjacent to an activating group) is 1. The lowest BCUT2D eigenvalue weighted by Gasteiger charge is -2.25. The van der Waals surface area contributed by atoms with Crippen LogP contribution in [-0.2, 0) is 11.2 Å². The van der Waals surface area contributed by atoms with Gasteiger partial charge in [-0.15, -0.1) is 0 Å². The van der Waals surface area contributed by atoms with Crippen LogP contribution in [0.1, 0.15) is 29.2 Å². The number of carbonyl (C=O) groups excluding carboxylic acids is 1. The monoisotopic (exact) mass is 376 g/mol. The van der Waals surface area contributed by atoms with Crippen LogP contribution in [0.3, 0.4) is 0 Å². The Morgan fingerprint density at radius 3 is 2.50 bits per heavy atom. The Bertz CT molecular complexity index is 884. The van der Waals surface area contributed by atoms with Gasteiger partial charge in [-0.2, -0.15) is 5.10 Å². The van der Waals surface area contributed by atoms with Crippen molar-refractivity contribution >= 4 is 5.91 Å². The molecule has 3 aromatic rings. The second kappa shape index (κ2) is 9.33. The van der Waals surface area contributed by atoms with Crippen molar-refractivity contribution in [1.82, 2.24) is 20.0 Å². The fourth-order valence-electron chi connectivity index (χ4n) is 3.16. The molecule has 146 valence electrons. The quantitative estimate of drug-likeness (QED) is 0.654. The molecule has 1 unspecified atom stereocenters. The second-order valence-corrected chi connectivity index (χ2v) is 7.32. The zero-order valence-corrected chi connectivity index (χ0v) is 16.8. The minimum absolute atomic E-state index is 0.0615. The molecule has 1 aromatic heterocycles. The number of amides is 1. The fourth-order valence-corrected chi connectivity index (χ4v) is 3.16. The summed E-state index contributed by atoms with van der Waals surface area (Å²) in [7, 11) is 4.07. The molecule has 28 heavy (non-hydrogen) atoms. The van der Waals surface area contributed by atoms with Crippen molar-refractivity contribution in [3.63, 3.8) is 0 Å². The SMILES string of the molecule is Cc1ccc(C(CNC(=O)CCc2cnn(-c3ccccc3)c2)N(C)C)cc1. The molecule has 0 fully saturated rings. The maximum Gasteiger partial charge on any atom is 0.220 e. The highest BCUT2D eigenvalue weighted by atomic mass is 16.1. The van der Waals surface area contributed by atoms with Crippen molar-refractivity contribution in [1.29, 1.82) is 0 Å². The Balaban J connectivity index is 1.51. The first-order valence-electron chi connectivity index (χ1n) is 9.61. The smallest absolute Gasteiger partial charge is 0.220 e. The van der Waals surface area contributed by atoms with E-state index in [1.807, 2.05) is 61.5 Å². The summed E-state index contributed by atoms with van der Waals surface area (Å²) in [4.78, 5) is 14.5. The zero-order chi connectivity index (χ0) is 19.9. The summed E-state index contributed by atoms with van der Waals surface area (Å²) in [5.74, 6) is 0.0615. The van der Waals surface area contributed by atoms with Crippen LogP contribution in [-0.4, -0.2) is 41.2 Å². The van der Waals surface area contributed by atoms with Crippen molar-refractivity contribution in [2.75, 3.05) is 20.6 Å². The van der Waals surface area contributed by atoms with Gasteiger partial charge in [0.2, 0.25) is 5.91 Å². The molecule has 0 saturated carbocycles. The molecule has 0 aliphatic carbocycles. The number of benzene rings is 2. The molecule has 0 radical (unpaired) electrons. The predicted octanol–water partition coefficient (Wildman–Crippen LogP) is 3.53. The largest absolute Gasteiger partial charge is 0.354 e. The Morgan fingerprint density at radius 1 is 1.11 bits per heavy atom. The van der Waals surface area contributed by atoms with E-state index in [0.29, 0.717) is 19.4 Å². The maximum atomic E-state index is 12.3. The van der Waals surface area contributed by atoms with Crippen LogP contribution >= 0.6 is 0 Å². The highest BCUT2D eigenvalue weighted by Gasteiger charge is 2.15. The molecule has 5 nitrogen and oxygen atoms in total. The topological polar surface area (TPSA) is 50.2 Å². The van der Waals surface area contributed by atoms with Gasteiger partial charge in [-0.25, -0.2) is 4.68 Å². The first-order chi connectivity index (χ1) is 13.5. The van der Waals surface area contributed by atoms with Crippen molar-refractivity contribution in [3.8, 4) is 5.69 Å². The first-order valence-corrected chi connectivity index (χ1v) is 9.61. The third kappa shape index (κ3) is 5.30. The number of nitrogens with zero attached hydrogens (tertiary/aromatic N) is 3. The minimum Gasteiger partial charge on any atom is -0.354 e. The van der Waals surface area contributed by atoms with Gasteiger partial charge in [-0.3, -0.25) is 4.79 Å². The summed E-state index contributed by atoms with van der Waals surface area (Å²) in [5.41, 5.74) is 4.52. The number of aromatic nitrogens is 2. The third-order valence-corrected chi connectivity index (χ3v) is 4.88. The number of aryl methyl sites for hydroxylation is 2. The molecule has 0 aliphatic rings. The maximum absolute atomic E-state index is 12.3. The van der Waals surface area contributed by atoms with E-state index in [-0.39, 0.29) is 11.9 Å². The fraction of sp³-hybridized carbons (Fsp3) is 0.304. The van der Waals surface area contributed by atoms with Crippen molar-refractivity contribution in [2.24, 2.45) is 0 Å². The van der Waals surface area contributed by atoms with Crippen LogP contribution in [0.2, 0.25) is 0 Å². The molecule has 1 heterocycles. The number of hydrogen-bond acceptors (Lipinski definition) is 3. The van der Waals surface area contributed by atoms with E-state index >= 15 is 0 Å². The number of para-hydroxylation sites is 1. The molecule has 0 aliphatic heterocycles. The number of carbonyl (C=O) groups is 1. The standard InChI is InChI=1S/C23H28N4O/c1-18-9-12-20(13-10-18)22(26(2)3)16-24-23(28)14-11-19-15-25-27(17-19)21-7-5-4-6-8-21/h4-10,12-13,15,17,22H,11,14,16H2,1-3H3,(H,24,28). The average molecular weight is 377 g/mol. The van der Waals surface area contributed by atoms with Crippen molar-refractivity contribution in [3.05, 3.63) is 83.7 Å². The van der Waals surface area contributed by atoms with Crippen LogP contribution < -0.4 is 5.32 Å². The van der Waals surface area contributed by atoms with Crippen LogP contribution in [0.25, 0.3) is 5.69 Å². The summed E-state index contributed by atoms with van der Waals surface area (Å²) in [5, 5.41) is 7.46. The Morgan fingerprint density at radius 2 is 1.82 bits per heavy atom. The number of hydrogen-bond donors (Lipinski definition) is 1. The molecular weight excluding hydrogens is 348 g/mol. The molecular formula is C23H28N4O. The Labute approximate surface area is 167 Å². The lowest BCUT2D eigenvalue weighted by atomic mass is 10.0. The van der Waals surface area contributed by atoms with Crippen molar-refractivity contribution in [2.45, 2.75) is 25.8 Å². The van der Waals surface area contributed by atoms with Gasteiger partial charge in [0.25, 0.3) is 0 Å². The number of nitrogens with one attached hydrogen (secondary N) is 1. The van der Waals surface area contributed by atoms with Gasteiger partial charge in [0.05, 0.1) is 17.9 Å². The lowest BCUT2D eigenvalue weighted by Crippen LogP contribution is -2.34. The molecule has 0 spiro atoms. The Hall–Kier alpha value is -2.92. The second-order valence-electron chi connectivity index (χ2n) is 7.32. The zero-order valence-electron chi connectivity index (χ0n) is 16.8. The minimum atomic E-state index is 0.0615. The number of rotatable bonds is 8. The van der Waals surface area contributed by atoms with Crippen LogP contribution in [0.5, 0.6) is 0 Å².